The lowest BCUT2D eigenvalue weighted by molar-refractivity contribution is 0.628. The highest BCUT2D eigenvalue weighted by Crippen LogP contribution is 2.29. The molecule has 0 saturated carbocycles. The summed E-state index contributed by atoms with van der Waals surface area (Å²) in [6.45, 7) is 4.30. The van der Waals surface area contributed by atoms with E-state index in [1.807, 2.05) is 6.20 Å². The molecule has 112 valence electrons. The average Bonchev–Trinajstić information content (AvgIpc) is 3.16. The van der Waals surface area contributed by atoms with Gasteiger partial charge < -0.3 is 9.30 Å². The summed E-state index contributed by atoms with van der Waals surface area (Å²) in [5.41, 5.74) is 5.22. The Kier molecular flexibility index (Phi) is 3.10. The van der Waals surface area contributed by atoms with Crippen LogP contribution in [0.4, 0.5) is 10.1 Å². The van der Waals surface area contributed by atoms with Crippen LogP contribution in [0.2, 0.25) is 0 Å². The first kappa shape index (κ1) is 13.3. The molecule has 4 rings (SSSR count). The van der Waals surface area contributed by atoms with Gasteiger partial charge in [0.15, 0.2) is 5.65 Å². The highest BCUT2D eigenvalue weighted by atomic mass is 19.1. The van der Waals surface area contributed by atoms with Crippen LogP contribution in [0, 0.1) is 12.7 Å². The summed E-state index contributed by atoms with van der Waals surface area (Å²) < 4.78 is 15.2. The van der Waals surface area contributed by atoms with Gasteiger partial charge in [-0.3, -0.25) is 0 Å². The Morgan fingerprint density at radius 1 is 1.05 bits per heavy atom. The zero-order chi connectivity index (χ0) is 15.1. The Labute approximate surface area is 129 Å². The Bertz CT molecular complexity index is 814. The SMILES string of the molecule is Cc1cc(N2CCCC2)c2nc(-c3ccc(F)cc3)cn2c1. The van der Waals surface area contributed by atoms with E-state index in [0.29, 0.717) is 0 Å². The number of imidazole rings is 1. The second kappa shape index (κ2) is 5.13. The van der Waals surface area contributed by atoms with E-state index in [9.17, 15) is 4.39 Å². The predicted molar refractivity (Wildman–Crippen MR) is 86.8 cm³/mol. The number of hydrogen-bond donors (Lipinski definition) is 0. The molecular weight excluding hydrogens is 277 g/mol. The monoisotopic (exact) mass is 295 g/mol. The van der Waals surface area contributed by atoms with Crippen LogP contribution < -0.4 is 4.90 Å². The van der Waals surface area contributed by atoms with Gasteiger partial charge in [0.2, 0.25) is 0 Å². The van der Waals surface area contributed by atoms with E-state index in [4.69, 9.17) is 4.98 Å². The zero-order valence-corrected chi connectivity index (χ0v) is 12.6. The third-order valence-corrected chi connectivity index (χ3v) is 4.26. The molecule has 0 amide bonds. The van der Waals surface area contributed by atoms with E-state index in [0.717, 1.165) is 30.0 Å². The van der Waals surface area contributed by atoms with Gasteiger partial charge >= 0.3 is 0 Å². The first-order chi connectivity index (χ1) is 10.7. The molecule has 3 nitrogen and oxygen atoms in total. The van der Waals surface area contributed by atoms with Crippen LogP contribution in [0.1, 0.15) is 18.4 Å². The molecule has 1 saturated heterocycles. The summed E-state index contributed by atoms with van der Waals surface area (Å²) in [6.07, 6.45) is 6.60. The fourth-order valence-electron chi connectivity index (χ4n) is 3.17. The second-order valence-corrected chi connectivity index (χ2v) is 5.96. The fourth-order valence-corrected chi connectivity index (χ4v) is 3.17. The number of benzene rings is 1. The first-order valence-corrected chi connectivity index (χ1v) is 7.71. The van der Waals surface area contributed by atoms with Crippen LogP contribution in [-0.2, 0) is 0 Å². The predicted octanol–water partition coefficient (Wildman–Crippen LogP) is 4.05. The molecule has 1 aliphatic heterocycles. The van der Waals surface area contributed by atoms with Crippen LogP contribution in [-0.4, -0.2) is 22.5 Å². The van der Waals surface area contributed by atoms with E-state index in [-0.39, 0.29) is 5.82 Å². The molecule has 0 unspecified atom stereocenters. The highest BCUT2D eigenvalue weighted by Gasteiger charge is 2.17. The van der Waals surface area contributed by atoms with Gasteiger partial charge in [-0.2, -0.15) is 0 Å². The highest BCUT2D eigenvalue weighted by molar-refractivity contribution is 5.74. The van der Waals surface area contributed by atoms with Crippen molar-refractivity contribution in [3.63, 3.8) is 0 Å². The Hall–Kier alpha value is -2.36. The molecule has 4 heteroatoms. The topological polar surface area (TPSA) is 20.5 Å². The lowest BCUT2D eigenvalue weighted by Gasteiger charge is -2.18. The quantitative estimate of drug-likeness (QED) is 0.711. The van der Waals surface area contributed by atoms with Gasteiger partial charge in [0, 0.05) is 31.0 Å². The minimum absolute atomic E-state index is 0.221. The van der Waals surface area contributed by atoms with Crippen molar-refractivity contribution >= 4 is 11.3 Å². The molecular formula is C18H18FN3. The molecule has 0 atom stereocenters. The summed E-state index contributed by atoms with van der Waals surface area (Å²) in [6, 6.07) is 8.72. The number of halogens is 1. The summed E-state index contributed by atoms with van der Waals surface area (Å²) >= 11 is 0. The van der Waals surface area contributed by atoms with Crippen LogP contribution in [0.25, 0.3) is 16.9 Å². The maximum atomic E-state index is 13.1. The summed E-state index contributed by atoms with van der Waals surface area (Å²) in [5.74, 6) is -0.221. The number of aryl methyl sites for hydroxylation is 1. The molecule has 3 aromatic rings. The third kappa shape index (κ3) is 2.25. The zero-order valence-electron chi connectivity index (χ0n) is 12.6. The molecule has 0 N–H and O–H groups in total. The Morgan fingerprint density at radius 3 is 2.50 bits per heavy atom. The fraction of sp³-hybridized carbons (Fsp3) is 0.278. The van der Waals surface area contributed by atoms with Gasteiger partial charge in [-0.05, 0) is 55.7 Å². The first-order valence-electron chi connectivity index (χ1n) is 7.71. The van der Waals surface area contributed by atoms with Crippen LogP contribution in [0.3, 0.4) is 0 Å². The van der Waals surface area contributed by atoms with Crippen molar-refractivity contribution in [3.05, 3.63) is 54.1 Å². The number of rotatable bonds is 2. The van der Waals surface area contributed by atoms with Gasteiger partial charge in [0.05, 0.1) is 11.4 Å². The van der Waals surface area contributed by atoms with Crippen LogP contribution >= 0.6 is 0 Å². The number of pyridine rings is 1. The molecule has 22 heavy (non-hydrogen) atoms. The van der Waals surface area contributed by atoms with E-state index >= 15 is 0 Å². The van der Waals surface area contributed by atoms with Gasteiger partial charge in [0.25, 0.3) is 0 Å². The van der Waals surface area contributed by atoms with Crippen molar-refractivity contribution in [2.75, 3.05) is 18.0 Å². The van der Waals surface area contributed by atoms with Crippen molar-refractivity contribution in [3.8, 4) is 11.3 Å². The lowest BCUT2D eigenvalue weighted by atomic mass is 10.2. The Balaban J connectivity index is 1.85. The minimum atomic E-state index is -0.221. The standard InChI is InChI=1S/C18H18FN3/c1-13-10-17(21-8-2-3-9-21)18-20-16(12-22(18)11-13)14-4-6-15(19)7-5-14/h4-7,10-12H,2-3,8-9H2,1H3. The molecule has 3 heterocycles. The van der Waals surface area contributed by atoms with E-state index < -0.39 is 0 Å². The molecule has 0 spiro atoms. The number of hydrogen-bond acceptors (Lipinski definition) is 2. The smallest absolute Gasteiger partial charge is 0.161 e. The second-order valence-electron chi connectivity index (χ2n) is 5.96. The van der Waals surface area contributed by atoms with Crippen LogP contribution in [0.5, 0.6) is 0 Å². The normalized spacial score (nSPS) is 14.9. The molecule has 1 fully saturated rings. The van der Waals surface area contributed by atoms with Gasteiger partial charge in [-0.1, -0.05) is 0 Å². The third-order valence-electron chi connectivity index (χ3n) is 4.26. The van der Waals surface area contributed by atoms with Crippen molar-refractivity contribution in [1.82, 2.24) is 9.38 Å². The van der Waals surface area contributed by atoms with Crippen LogP contribution in [0.15, 0.2) is 42.7 Å². The summed E-state index contributed by atoms with van der Waals surface area (Å²) in [4.78, 5) is 7.20. The largest absolute Gasteiger partial charge is 0.369 e. The minimum Gasteiger partial charge on any atom is -0.369 e. The van der Waals surface area contributed by atoms with Crippen molar-refractivity contribution in [2.45, 2.75) is 19.8 Å². The molecule has 0 bridgehead atoms. The van der Waals surface area contributed by atoms with E-state index in [2.05, 4.69) is 28.5 Å². The summed E-state index contributed by atoms with van der Waals surface area (Å²) in [7, 11) is 0. The molecule has 0 aliphatic carbocycles. The van der Waals surface area contributed by atoms with Gasteiger partial charge in [-0.15, -0.1) is 0 Å². The molecule has 0 radical (unpaired) electrons. The van der Waals surface area contributed by atoms with Gasteiger partial charge in [-0.25, -0.2) is 9.37 Å². The van der Waals surface area contributed by atoms with E-state index in [1.54, 1.807) is 12.1 Å². The molecule has 1 aliphatic rings. The number of nitrogens with zero attached hydrogens (tertiary/aromatic N) is 3. The maximum absolute atomic E-state index is 13.1. The van der Waals surface area contributed by atoms with E-state index in [1.165, 1.54) is 36.2 Å². The van der Waals surface area contributed by atoms with Crippen molar-refractivity contribution in [2.24, 2.45) is 0 Å². The number of aromatic nitrogens is 2. The van der Waals surface area contributed by atoms with Crippen molar-refractivity contribution < 1.29 is 4.39 Å². The van der Waals surface area contributed by atoms with Gasteiger partial charge in [0.1, 0.15) is 5.82 Å². The number of fused-ring (bicyclic) bond motifs is 1. The number of anilines is 1. The Morgan fingerprint density at radius 2 is 1.77 bits per heavy atom. The lowest BCUT2D eigenvalue weighted by Crippen LogP contribution is -2.18. The summed E-state index contributed by atoms with van der Waals surface area (Å²) in [5, 5.41) is 0. The molecule has 1 aromatic carbocycles. The maximum Gasteiger partial charge on any atom is 0.161 e. The average molecular weight is 295 g/mol. The van der Waals surface area contributed by atoms with Crippen molar-refractivity contribution in [1.29, 1.82) is 0 Å². The molecule has 2 aromatic heterocycles.